The van der Waals surface area contributed by atoms with Crippen LogP contribution in [0.25, 0.3) is 0 Å². The Balaban J connectivity index is 1.27. The van der Waals surface area contributed by atoms with Gasteiger partial charge < -0.3 is 15.5 Å². The van der Waals surface area contributed by atoms with Gasteiger partial charge >= 0.3 is 0 Å². The molecule has 1 aliphatic carbocycles. The summed E-state index contributed by atoms with van der Waals surface area (Å²) in [6.07, 6.45) is 5.76. The minimum absolute atomic E-state index is 0.0433. The van der Waals surface area contributed by atoms with E-state index in [1.165, 1.54) is 5.56 Å². The second-order valence-corrected chi connectivity index (χ2v) is 10.4. The molecule has 2 fully saturated rings. The second-order valence-electron chi connectivity index (χ2n) is 9.40. The van der Waals surface area contributed by atoms with E-state index in [0.717, 1.165) is 55.8 Å². The molecule has 1 saturated carbocycles. The molecule has 34 heavy (non-hydrogen) atoms. The standard InChI is InChI=1S/C28H31N3O2S/c32-27(19-24-7-4-16-34-24)29-23-10-11-26(25(18-23)28(33)30-22-8-9-22)31-14-12-21(13-15-31)17-20-5-2-1-3-6-20/h1-7,10-11,16,18,21-22H,8-9,12-15,17,19H2,(H,29,32)(H,30,33). The van der Waals surface area contributed by atoms with E-state index in [4.69, 9.17) is 0 Å². The Morgan fingerprint density at radius 1 is 0.941 bits per heavy atom. The zero-order valence-electron chi connectivity index (χ0n) is 19.3. The van der Waals surface area contributed by atoms with E-state index >= 15 is 0 Å². The van der Waals surface area contributed by atoms with Crippen LogP contribution in [-0.2, 0) is 17.6 Å². The van der Waals surface area contributed by atoms with E-state index in [9.17, 15) is 9.59 Å². The quantitative estimate of drug-likeness (QED) is 0.468. The van der Waals surface area contributed by atoms with E-state index in [0.29, 0.717) is 23.6 Å². The number of benzene rings is 2. The van der Waals surface area contributed by atoms with Gasteiger partial charge in [0.05, 0.1) is 12.0 Å². The van der Waals surface area contributed by atoms with Gasteiger partial charge in [0.2, 0.25) is 5.91 Å². The van der Waals surface area contributed by atoms with Crippen molar-refractivity contribution in [1.29, 1.82) is 0 Å². The first-order valence-corrected chi connectivity index (χ1v) is 13.1. The van der Waals surface area contributed by atoms with Crippen molar-refractivity contribution >= 4 is 34.5 Å². The maximum absolute atomic E-state index is 13.1. The maximum Gasteiger partial charge on any atom is 0.253 e. The number of amides is 2. The van der Waals surface area contributed by atoms with Crippen LogP contribution in [0.2, 0.25) is 0 Å². The van der Waals surface area contributed by atoms with Gasteiger partial charge in [0.15, 0.2) is 0 Å². The molecule has 2 N–H and O–H groups in total. The smallest absolute Gasteiger partial charge is 0.253 e. The molecule has 3 aromatic rings. The molecular weight excluding hydrogens is 442 g/mol. The first-order chi connectivity index (χ1) is 16.6. The van der Waals surface area contributed by atoms with E-state index in [1.807, 2.05) is 35.7 Å². The molecule has 2 aromatic carbocycles. The molecule has 6 heteroatoms. The molecule has 2 amide bonds. The van der Waals surface area contributed by atoms with Crippen molar-refractivity contribution in [3.8, 4) is 0 Å². The van der Waals surface area contributed by atoms with Gasteiger partial charge in [0.1, 0.15) is 0 Å². The Labute approximate surface area is 205 Å². The Morgan fingerprint density at radius 3 is 2.44 bits per heavy atom. The van der Waals surface area contributed by atoms with Gasteiger partial charge in [-0.1, -0.05) is 36.4 Å². The summed E-state index contributed by atoms with van der Waals surface area (Å²) in [6.45, 7) is 1.87. The molecule has 2 aliphatic rings. The fraction of sp³-hybridized carbons (Fsp3) is 0.357. The number of anilines is 2. The summed E-state index contributed by atoms with van der Waals surface area (Å²) < 4.78 is 0. The lowest BCUT2D eigenvalue weighted by molar-refractivity contribution is -0.115. The van der Waals surface area contributed by atoms with Crippen LogP contribution in [0.15, 0.2) is 66.0 Å². The number of nitrogens with zero attached hydrogens (tertiary/aromatic N) is 1. The van der Waals surface area contributed by atoms with Gasteiger partial charge in [0, 0.05) is 35.4 Å². The van der Waals surface area contributed by atoms with Crippen LogP contribution >= 0.6 is 11.3 Å². The largest absolute Gasteiger partial charge is 0.371 e. The third-order valence-corrected chi connectivity index (χ3v) is 7.55. The summed E-state index contributed by atoms with van der Waals surface area (Å²) in [7, 11) is 0. The molecule has 1 aromatic heterocycles. The van der Waals surface area contributed by atoms with Crippen LogP contribution in [0.5, 0.6) is 0 Å². The summed E-state index contributed by atoms with van der Waals surface area (Å²) in [4.78, 5) is 29.0. The van der Waals surface area contributed by atoms with Gasteiger partial charge in [-0.15, -0.1) is 11.3 Å². The highest BCUT2D eigenvalue weighted by atomic mass is 32.1. The van der Waals surface area contributed by atoms with E-state index in [-0.39, 0.29) is 17.9 Å². The minimum Gasteiger partial charge on any atom is -0.371 e. The molecule has 2 heterocycles. The third-order valence-electron chi connectivity index (χ3n) is 6.67. The predicted octanol–water partition coefficient (Wildman–Crippen LogP) is 5.28. The Kier molecular flexibility index (Phi) is 6.95. The SMILES string of the molecule is O=C(Cc1cccs1)Nc1ccc(N2CCC(Cc3ccccc3)CC2)c(C(=O)NC2CC2)c1. The maximum atomic E-state index is 13.1. The van der Waals surface area contributed by atoms with Crippen molar-refractivity contribution < 1.29 is 9.59 Å². The number of nitrogens with one attached hydrogen (secondary N) is 2. The Morgan fingerprint density at radius 2 is 1.74 bits per heavy atom. The molecular formula is C28H31N3O2S. The van der Waals surface area contributed by atoms with Crippen molar-refractivity contribution in [2.24, 2.45) is 5.92 Å². The Bertz CT molecular complexity index is 1120. The fourth-order valence-corrected chi connectivity index (χ4v) is 5.37. The lowest BCUT2D eigenvalue weighted by atomic mass is 9.89. The lowest BCUT2D eigenvalue weighted by Crippen LogP contribution is -2.36. The zero-order chi connectivity index (χ0) is 23.3. The van der Waals surface area contributed by atoms with Crippen molar-refractivity contribution in [3.05, 3.63) is 82.0 Å². The van der Waals surface area contributed by atoms with Gasteiger partial charge in [-0.25, -0.2) is 0 Å². The summed E-state index contributed by atoms with van der Waals surface area (Å²) in [6, 6.07) is 20.7. The molecule has 0 unspecified atom stereocenters. The highest BCUT2D eigenvalue weighted by molar-refractivity contribution is 7.10. The third kappa shape index (κ3) is 5.86. The van der Waals surface area contributed by atoms with Crippen molar-refractivity contribution in [1.82, 2.24) is 5.32 Å². The van der Waals surface area contributed by atoms with Crippen LogP contribution in [0.1, 0.15) is 46.5 Å². The first-order valence-electron chi connectivity index (χ1n) is 12.2. The van der Waals surface area contributed by atoms with Crippen LogP contribution in [0, 0.1) is 5.92 Å². The number of piperidine rings is 1. The van der Waals surface area contributed by atoms with Crippen molar-refractivity contribution in [2.75, 3.05) is 23.3 Å². The molecule has 5 nitrogen and oxygen atoms in total. The number of rotatable bonds is 8. The number of hydrogen-bond donors (Lipinski definition) is 2. The van der Waals surface area contributed by atoms with Crippen LogP contribution in [0.3, 0.4) is 0 Å². The molecule has 176 valence electrons. The number of carbonyl (C=O) groups excluding carboxylic acids is 2. The fourth-order valence-electron chi connectivity index (χ4n) is 4.66. The highest BCUT2D eigenvalue weighted by Gasteiger charge is 2.27. The molecule has 0 spiro atoms. The predicted molar refractivity (Wildman–Crippen MR) is 139 cm³/mol. The van der Waals surface area contributed by atoms with Crippen molar-refractivity contribution in [2.45, 2.75) is 44.6 Å². The Hall–Kier alpha value is -3.12. The average Bonchev–Trinajstić information content (AvgIpc) is 3.52. The molecule has 1 aliphatic heterocycles. The summed E-state index contributed by atoms with van der Waals surface area (Å²) in [5.74, 6) is 0.557. The minimum atomic E-state index is -0.0644. The van der Waals surface area contributed by atoms with E-state index < -0.39 is 0 Å². The molecule has 0 bridgehead atoms. The number of hydrogen-bond acceptors (Lipinski definition) is 4. The summed E-state index contributed by atoms with van der Waals surface area (Å²) in [5, 5.41) is 8.08. The first kappa shape index (κ1) is 22.7. The zero-order valence-corrected chi connectivity index (χ0v) is 20.2. The molecule has 0 radical (unpaired) electrons. The molecule has 0 atom stereocenters. The lowest BCUT2D eigenvalue weighted by Gasteiger charge is -2.35. The topological polar surface area (TPSA) is 61.4 Å². The number of carbonyl (C=O) groups is 2. The summed E-state index contributed by atoms with van der Waals surface area (Å²) in [5.41, 5.74) is 3.69. The normalized spacial score (nSPS) is 16.3. The van der Waals surface area contributed by atoms with Crippen LogP contribution in [-0.4, -0.2) is 30.9 Å². The average molecular weight is 474 g/mol. The van der Waals surface area contributed by atoms with Gasteiger partial charge in [-0.3, -0.25) is 9.59 Å². The van der Waals surface area contributed by atoms with E-state index in [2.05, 4.69) is 45.9 Å². The van der Waals surface area contributed by atoms with Gasteiger partial charge in [0.25, 0.3) is 5.91 Å². The van der Waals surface area contributed by atoms with Gasteiger partial charge in [-0.2, -0.15) is 0 Å². The van der Waals surface area contributed by atoms with Gasteiger partial charge in [-0.05, 0) is 73.2 Å². The van der Waals surface area contributed by atoms with Crippen LogP contribution in [0.4, 0.5) is 11.4 Å². The van der Waals surface area contributed by atoms with Crippen LogP contribution < -0.4 is 15.5 Å². The second kappa shape index (κ2) is 10.4. The summed E-state index contributed by atoms with van der Waals surface area (Å²) >= 11 is 1.57. The van der Waals surface area contributed by atoms with E-state index in [1.54, 1.807) is 11.3 Å². The molecule has 5 rings (SSSR count). The van der Waals surface area contributed by atoms with Crippen molar-refractivity contribution in [3.63, 3.8) is 0 Å². The number of thiophene rings is 1. The molecule has 1 saturated heterocycles. The monoisotopic (exact) mass is 473 g/mol. The highest BCUT2D eigenvalue weighted by Crippen LogP contribution is 2.31.